The van der Waals surface area contributed by atoms with Crippen molar-refractivity contribution in [3.8, 4) is 0 Å². The third-order valence-corrected chi connectivity index (χ3v) is 3.03. The van der Waals surface area contributed by atoms with Crippen LogP contribution in [0.1, 0.15) is 10.9 Å². The van der Waals surface area contributed by atoms with Crippen molar-refractivity contribution in [2.45, 2.75) is 6.04 Å². The average Bonchev–Trinajstić information content (AvgIpc) is 2.34. The summed E-state index contributed by atoms with van der Waals surface area (Å²) >= 11 is 4.97. The first-order valence-electron chi connectivity index (χ1n) is 2.93. The molecule has 0 spiro atoms. The maximum absolute atomic E-state index is 5.67. The summed E-state index contributed by atoms with van der Waals surface area (Å²) in [6.45, 7) is 0.507. The van der Waals surface area contributed by atoms with Gasteiger partial charge in [-0.2, -0.15) is 0 Å². The van der Waals surface area contributed by atoms with Crippen molar-refractivity contribution in [1.82, 2.24) is 0 Å². The lowest BCUT2D eigenvalue weighted by molar-refractivity contribution is 0.751. The molecule has 0 saturated carbocycles. The molecule has 0 bridgehead atoms. The number of hydrogen-bond acceptors (Lipinski definition) is 3. The van der Waals surface area contributed by atoms with Crippen LogP contribution in [0.3, 0.4) is 0 Å². The van der Waals surface area contributed by atoms with Crippen LogP contribution < -0.4 is 11.5 Å². The molecule has 4 N–H and O–H groups in total. The van der Waals surface area contributed by atoms with E-state index in [-0.39, 0.29) is 18.4 Å². The largest absolute Gasteiger partial charge is 0.329 e. The molecule has 0 aliphatic carbocycles. The van der Waals surface area contributed by atoms with Crippen LogP contribution in [-0.2, 0) is 0 Å². The van der Waals surface area contributed by atoms with Gasteiger partial charge in [-0.15, -0.1) is 23.7 Å². The quantitative estimate of drug-likeness (QED) is 0.850. The monoisotopic (exact) mass is 256 g/mol. The van der Waals surface area contributed by atoms with Crippen molar-refractivity contribution in [3.05, 3.63) is 20.8 Å². The highest BCUT2D eigenvalue weighted by atomic mass is 79.9. The van der Waals surface area contributed by atoms with E-state index in [4.69, 9.17) is 11.5 Å². The zero-order valence-electron chi connectivity index (χ0n) is 5.79. The number of halogens is 2. The molecule has 0 unspecified atom stereocenters. The Kier molecular flexibility index (Phi) is 5.29. The van der Waals surface area contributed by atoms with Gasteiger partial charge in [0.25, 0.3) is 0 Å². The van der Waals surface area contributed by atoms with Crippen molar-refractivity contribution in [2.75, 3.05) is 6.54 Å². The van der Waals surface area contributed by atoms with Crippen molar-refractivity contribution >= 4 is 39.7 Å². The molecule has 2 nitrogen and oxygen atoms in total. The first-order chi connectivity index (χ1) is 4.74. The van der Waals surface area contributed by atoms with Crippen LogP contribution in [0.25, 0.3) is 0 Å². The van der Waals surface area contributed by atoms with Crippen LogP contribution in [0.2, 0.25) is 0 Å². The van der Waals surface area contributed by atoms with Crippen molar-refractivity contribution in [3.63, 3.8) is 0 Å². The van der Waals surface area contributed by atoms with E-state index in [1.165, 1.54) is 0 Å². The minimum atomic E-state index is -0.00343. The fourth-order valence-electron chi connectivity index (χ4n) is 0.639. The van der Waals surface area contributed by atoms with Crippen LogP contribution in [0.15, 0.2) is 15.9 Å². The second-order valence-corrected chi connectivity index (χ2v) is 3.87. The maximum Gasteiger partial charge on any atom is 0.0514 e. The van der Waals surface area contributed by atoms with Gasteiger partial charge in [-0.3, -0.25) is 0 Å². The molecule has 0 aliphatic heterocycles. The molecule has 0 aromatic carbocycles. The van der Waals surface area contributed by atoms with Crippen LogP contribution in [0.5, 0.6) is 0 Å². The molecular weight excluding hydrogens is 248 g/mol. The second kappa shape index (κ2) is 5.11. The highest BCUT2D eigenvalue weighted by molar-refractivity contribution is 9.10. The highest BCUT2D eigenvalue weighted by Crippen LogP contribution is 2.23. The van der Waals surface area contributed by atoms with Gasteiger partial charge in [0.2, 0.25) is 0 Å². The average molecular weight is 258 g/mol. The van der Waals surface area contributed by atoms with E-state index in [0.29, 0.717) is 6.54 Å². The van der Waals surface area contributed by atoms with Gasteiger partial charge in [0.1, 0.15) is 0 Å². The first-order valence-corrected chi connectivity index (χ1v) is 4.61. The van der Waals surface area contributed by atoms with E-state index in [1.807, 2.05) is 11.4 Å². The Hall–Kier alpha value is 0.390. The summed E-state index contributed by atoms with van der Waals surface area (Å²) in [7, 11) is 0. The van der Waals surface area contributed by atoms with Gasteiger partial charge in [-0.05, 0) is 22.0 Å². The molecule has 1 atom stereocenters. The lowest BCUT2D eigenvalue weighted by atomic mass is 10.3. The van der Waals surface area contributed by atoms with Gasteiger partial charge < -0.3 is 11.5 Å². The lowest BCUT2D eigenvalue weighted by Gasteiger charge is -2.02. The summed E-state index contributed by atoms with van der Waals surface area (Å²) in [4.78, 5) is 1.13. The summed E-state index contributed by atoms with van der Waals surface area (Å²) < 4.78 is 1.08. The van der Waals surface area contributed by atoms with E-state index < -0.39 is 0 Å². The molecule has 1 rings (SSSR count). The fourth-order valence-corrected chi connectivity index (χ4v) is 2.10. The van der Waals surface area contributed by atoms with Gasteiger partial charge >= 0.3 is 0 Å². The molecule has 5 heteroatoms. The molecule has 1 aromatic rings. The topological polar surface area (TPSA) is 52.0 Å². The molecule has 1 aromatic heterocycles. The SMILES string of the molecule is Cl.NC[C@@H](N)c1cc(Br)cs1. The summed E-state index contributed by atoms with van der Waals surface area (Å²) in [6, 6.07) is 2.00. The Bertz CT molecular complexity index is 216. The molecule has 0 fully saturated rings. The lowest BCUT2D eigenvalue weighted by Crippen LogP contribution is -2.19. The Morgan fingerprint density at radius 3 is 2.64 bits per heavy atom. The minimum absolute atomic E-state index is 0. The smallest absolute Gasteiger partial charge is 0.0514 e. The predicted octanol–water partition coefficient (Wildman–Crippen LogP) is 1.89. The fraction of sp³-hybridized carbons (Fsp3) is 0.333. The molecule has 0 saturated heterocycles. The number of hydrogen-bond donors (Lipinski definition) is 2. The maximum atomic E-state index is 5.67. The molecular formula is C6H10BrClN2S. The van der Waals surface area contributed by atoms with Crippen LogP contribution in [0.4, 0.5) is 0 Å². The van der Waals surface area contributed by atoms with E-state index in [9.17, 15) is 0 Å². The highest BCUT2D eigenvalue weighted by Gasteiger charge is 2.04. The van der Waals surface area contributed by atoms with Gasteiger partial charge in [-0.1, -0.05) is 0 Å². The summed E-state index contributed by atoms with van der Waals surface area (Å²) in [6.07, 6.45) is 0. The molecule has 0 aliphatic rings. The van der Waals surface area contributed by atoms with Gasteiger partial charge in [0.15, 0.2) is 0 Å². The van der Waals surface area contributed by atoms with Crippen molar-refractivity contribution in [2.24, 2.45) is 11.5 Å². The van der Waals surface area contributed by atoms with Crippen molar-refractivity contribution in [1.29, 1.82) is 0 Å². The Labute approximate surface area is 84.5 Å². The normalized spacial score (nSPS) is 12.3. The van der Waals surface area contributed by atoms with Crippen LogP contribution in [0, 0.1) is 0 Å². The molecule has 11 heavy (non-hydrogen) atoms. The third-order valence-electron chi connectivity index (χ3n) is 1.21. The zero-order valence-corrected chi connectivity index (χ0v) is 9.01. The first kappa shape index (κ1) is 11.4. The molecule has 0 radical (unpaired) electrons. The summed E-state index contributed by atoms with van der Waals surface area (Å²) in [5.74, 6) is 0. The minimum Gasteiger partial charge on any atom is -0.329 e. The van der Waals surface area contributed by atoms with E-state index in [2.05, 4.69) is 15.9 Å². The van der Waals surface area contributed by atoms with E-state index in [1.54, 1.807) is 11.3 Å². The Balaban J connectivity index is 0.000001000. The van der Waals surface area contributed by atoms with Crippen molar-refractivity contribution < 1.29 is 0 Å². The number of nitrogens with two attached hydrogens (primary N) is 2. The Morgan fingerprint density at radius 1 is 1.64 bits per heavy atom. The molecule has 64 valence electrons. The second-order valence-electron chi connectivity index (χ2n) is 2.01. The summed E-state index contributed by atoms with van der Waals surface area (Å²) in [5.41, 5.74) is 11.1. The molecule has 0 amide bonds. The van der Waals surface area contributed by atoms with Gasteiger partial charge in [0.05, 0.1) is 6.04 Å². The predicted molar refractivity (Wildman–Crippen MR) is 55.2 cm³/mol. The molecule has 1 heterocycles. The van der Waals surface area contributed by atoms with Gasteiger partial charge in [0, 0.05) is 21.3 Å². The van der Waals surface area contributed by atoms with Crippen LogP contribution >= 0.6 is 39.7 Å². The van der Waals surface area contributed by atoms with Crippen LogP contribution in [-0.4, -0.2) is 6.54 Å². The van der Waals surface area contributed by atoms with E-state index >= 15 is 0 Å². The number of thiophene rings is 1. The third kappa shape index (κ3) is 3.09. The summed E-state index contributed by atoms with van der Waals surface area (Å²) in [5, 5.41) is 2.00. The zero-order chi connectivity index (χ0) is 7.56. The van der Waals surface area contributed by atoms with E-state index in [0.717, 1.165) is 9.35 Å². The van der Waals surface area contributed by atoms with Gasteiger partial charge in [-0.25, -0.2) is 0 Å². The Morgan fingerprint density at radius 2 is 2.27 bits per heavy atom. The number of rotatable bonds is 2. The standard InChI is InChI=1S/C6H9BrN2S.ClH/c7-4-1-6(10-3-4)5(9)2-8;/h1,3,5H,2,8-9H2;1H/t5-;/m1./s1.